The third-order valence-corrected chi connectivity index (χ3v) is 6.85. The molecule has 0 saturated heterocycles. The number of ether oxygens (including phenoxy) is 2. The van der Waals surface area contributed by atoms with Crippen LogP contribution >= 0.6 is 0 Å². The third kappa shape index (κ3) is 25.0. The van der Waals surface area contributed by atoms with Crippen LogP contribution in [0, 0.1) is 0 Å². The fraction of sp³-hybridized carbons (Fsp3) is 0.812. The van der Waals surface area contributed by atoms with Crippen molar-refractivity contribution in [2.24, 2.45) is 0 Å². The number of carbonyl (C=O) groups excluding carboxylic acids is 2. The monoisotopic (exact) mass is 553 g/mol. The van der Waals surface area contributed by atoms with Gasteiger partial charge >= 0.3 is 5.97 Å². The standard InChI is InChI=1S/C32H59NO6/c1-5-6-7-8-9-10-11-12-13-14-15-16-17-18-19-20-21-22-23-24-31(35)39-28-29(34)27-38-26-25-30(32(36)37)33(2,3)4/h9-12,29-30,34H,5-8,13-28H2,1-4H3/b10-9+,12-11+. The number of carboxylic acids is 1. The molecule has 228 valence electrons. The van der Waals surface area contributed by atoms with E-state index in [9.17, 15) is 19.8 Å². The number of rotatable bonds is 27. The summed E-state index contributed by atoms with van der Waals surface area (Å²) in [6.45, 7) is 2.32. The molecule has 0 amide bonds. The normalized spacial score (nSPS) is 13.8. The van der Waals surface area contributed by atoms with Crippen molar-refractivity contribution >= 4 is 11.9 Å². The maximum absolute atomic E-state index is 11.9. The summed E-state index contributed by atoms with van der Waals surface area (Å²) < 4.78 is 10.7. The van der Waals surface area contributed by atoms with Crippen LogP contribution in [0.25, 0.3) is 0 Å². The summed E-state index contributed by atoms with van der Waals surface area (Å²) in [6, 6.07) is -0.685. The minimum absolute atomic E-state index is 0.00189. The molecule has 0 rings (SSSR count). The van der Waals surface area contributed by atoms with Crippen molar-refractivity contribution in [2.75, 3.05) is 41.0 Å². The highest BCUT2D eigenvalue weighted by Crippen LogP contribution is 2.13. The Kier molecular flexibility index (Phi) is 24.2. The molecule has 39 heavy (non-hydrogen) atoms. The van der Waals surface area contributed by atoms with Crippen LogP contribution in [-0.4, -0.2) is 74.6 Å². The lowest BCUT2D eigenvalue weighted by atomic mass is 10.1. The maximum Gasteiger partial charge on any atom is 0.305 e. The Hall–Kier alpha value is -1.70. The van der Waals surface area contributed by atoms with Gasteiger partial charge in [-0.15, -0.1) is 0 Å². The van der Waals surface area contributed by atoms with Gasteiger partial charge in [-0.2, -0.15) is 0 Å². The van der Waals surface area contributed by atoms with Gasteiger partial charge in [-0.1, -0.05) is 95.4 Å². The van der Waals surface area contributed by atoms with Crippen LogP contribution in [0.1, 0.15) is 116 Å². The van der Waals surface area contributed by atoms with Crippen LogP contribution in [0.3, 0.4) is 0 Å². The lowest BCUT2D eigenvalue weighted by Crippen LogP contribution is -2.55. The van der Waals surface area contributed by atoms with Crippen molar-refractivity contribution in [3.8, 4) is 0 Å². The maximum atomic E-state index is 11.9. The Bertz CT molecular complexity index is 656. The smallest absolute Gasteiger partial charge is 0.305 e. The second-order valence-electron chi connectivity index (χ2n) is 11.6. The van der Waals surface area contributed by atoms with Crippen LogP contribution in [0.15, 0.2) is 24.3 Å². The Morgan fingerprint density at radius 3 is 1.82 bits per heavy atom. The predicted molar refractivity (Wildman–Crippen MR) is 157 cm³/mol. The van der Waals surface area contributed by atoms with E-state index in [2.05, 4.69) is 31.2 Å². The minimum Gasteiger partial charge on any atom is -0.544 e. The molecule has 0 aromatic rings. The van der Waals surface area contributed by atoms with Crippen molar-refractivity contribution < 1.29 is 33.8 Å². The number of unbranched alkanes of at least 4 members (excludes halogenated alkanes) is 13. The molecule has 2 unspecified atom stereocenters. The first kappa shape index (κ1) is 37.3. The third-order valence-electron chi connectivity index (χ3n) is 6.85. The average Bonchev–Trinajstić information content (AvgIpc) is 2.87. The van der Waals surface area contributed by atoms with E-state index in [1.165, 1.54) is 77.0 Å². The van der Waals surface area contributed by atoms with Crippen LogP contribution in [0.4, 0.5) is 0 Å². The Labute approximate surface area is 239 Å². The number of nitrogens with zero attached hydrogens (tertiary/aromatic N) is 1. The number of esters is 1. The highest BCUT2D eigenvalue weighted by atomic mass is 16.5. The second kappa shape index (κ2) is 25.3. The van der Waals surface area contributed by atoms with Crippen LogP contribution in [-0.2, 0) is 19.1 Å². The van der Waals surface area contributed by atoms with Gasteiger partial charge in [-0.3, -0.25) is 4.79 Å². The summed E-state index contributed by atoms with van der Waals surface area (Å²) in [7, 11) is 5.35. The molecule has 2 atom stereocenters. The molecule has 0 saturated carbocycles. The van der Waals surface area contributed by atoms with E-state index in [-0.39, 0.29) is 36.7 Å². The highest BCUT2D eigenvalue weighted by molar-refractivity contribution is 5.69. The van der Waals surface area contributed by atoms with Crippen molar-refractivity contribution in [3.05, 3.63) is 24.3 Å². The van der Waals surface area contributed by atoms with Gasteiger partial charge in [0.2, 0.25) is 0 Å². The van der Waals surface area contributed by atoms with E-state index < -0.39 is 18.1 Å². The summed E-state index contributed by atoms with van der Waals surface area (Å²) in [5.74, 6) is -1.42. The molecule has 7 nitrogen and oxygen atoms in total. The number of carboxylic acid groups (broad SMARTS) is 1. The molecule has 0 radical (unpaired) electrons. The van der Waals surface area contributed by atoms with E-state index >= 15 is 0 Å². The van der Waals surface area contributed by atoms with Crippen molar-refractivity contribution in [2.45, 2.75) is 128 Å². The lowest BCUT2D eigenvalue weighted by Gasteiger charge is -2.34. The van der Waals surface area contributed by atoms with Crippen LogP contribution < -0.4 is 5.11 Å². The summed E-state index contributed by atoms with van der Waals surface area (Å²) in [5.41, 5.74) is 0. The minimum atomic E-state index is -1.12. The van der Waals surface area contributed by atoms with Crippen LogP contribution in [0.2, 0.25) is 0 Å². The molecule has 0 spiro atoms. The topological polar surface area (TPSA) is 95.9 Å². The first-order valence-corrected chi connectivity index (χ1v) is 15.4. The number of likely N-dealkylation sites (N-methyl/N-ethyl adjacent to an activating group) is 1. The zero-order valence-electron chi connectivity index (χ0n) is 25.5. The molecule has 0 fully saturated rings. The first-order valence-electron chi connectivity index (χ1n) is 15.4. The number of allylic oxidation sites excluding steroid dienone is 4. The van der Waals surface area contributed by atoms with Gasteiger partial charge in [-0.25, -0.2) is 0 Å². The van der Waals surface area contributed by atoms with Gasteiger partial charge in [-0.05, 0) is 32.1 Å². The van der Waals surface area contributed by atoms with Gasteiger partial charge < -0.3 is 29.0 Å². The molecule has 0 aliphatic rings. The van der Waals surface area contributed by atoms with E-state index in [1.807, 2.05) is 0 Å². The summed E-state index contributed by atoms with van der Waals surface area (Å²) in [6.07, 6.45) is 26.9. The SMILES string of the molecule is CCCCC/C=C/C=C/CCCCCCCCCCCCC(=O)OCC(O)COCCC(C(=O)[O-])[N+](C)(C)C. The number of quaternary nitrogens is 1. The molecule has 1 N–H and O–H groups in total. The highest BCUT2D eigenvalue weighted by Gasteiger charge is 2.24. The molecule has 0 aliphatic carbocycles. The van der Waals surface area contributed by atoms with Crippen molar-refractivity contribution in [1.82, 2.24) is 0 Å². The van der Waals surface area contributed by atoms with Gasteiger partial charge in [0.25, 0.3) is 0 Å². The van der Waals surface area contributed by atoms with Crippen LogP contribution in [0.5, 0.6) is 0 Å². The van der Waals surface area contributed by atoms with Crippen molar-refractivity contribution in [3.63, 3.8) is 0 Å². The lowest BCUT2D eigenvalue weighted by molar-refractivity contribution is -0.889. The molecule has 0 heterocycles. The summed E-state index contributed by atoms with van der Waals surface area (Å²) >= 11 is 0. The first-order chi connectivity index (χ1) is 18.7. The molecule has 0 aromatic carbocycles. The number of hydrogen-bond donors (Lipinski definition) is 1. The largest absolute Gasteiger partial charge is 0.544 e. The fourth-order valence-corrected chi connectivity index (χ4v) is 4.35. The van der Waals surface area contributed by atoms with Gasteiger partial charge in [0.1, 0.15) is 18.8 Å². The second-order valence-corrected chi connectivity index (χ2v) is 11.6. The van der Waals surface area contributed by atoms with E-state index in [4.69, 9.17) is 9.47 Å². The van der Waals surface area contributed by atoms with Gasteiger partial charge in [0.15, 0.2) is 0 Å². The number of carbonyl (C=O) groups is 2. The van der Waals surface area contributed by atoms with E-state index in [0.717, 1.165) is 19.3 Å². The van der Waals surface area contributed by atoms with Gasteiger partial charge in [0.05, 0.1) is 40.3 Å². The van der Waals surface area contributed by atoms with Crippen molar-refractivity contribution in [1.29, 1.82) is 0 Å². The number of aliphatic carboxylic acids is 1. The molecule has 7 heteroatoms. The number of aliphatic hydroxyl groups is 1. The molecule has 0 bridgehead atoms. The molecule has 0 aliphatic heterocycles. The Balaban J connectivity index is 3.51. The van der Waals surface area contributed by atoms with E-state index in [0.29, 0.717) is 6.42 Å². The fourth-order valence-electron chi connectivity index (χ4n) is 4.35. The quantitative estimate of drug-likeness (QED) is 0.0625. The summed E-state index contributed by atoms with van der Waals surface area (Å²) in [5, 5.41) is 21.2. The predicted octanol–water partition coefficient (Wildman–Crippen LogP) is 5.50. The number of hydrogen-bond acceptors (Lipinski definition) is 6. The van der Waals surface area contributed by atoms with Gasteiger partial charge in [0, 0.05) is 12.8 Å². The molecular weight excluding hydrogens is 494 g/mol. The Morgan fingerprint density at radius 2 is 1.31 bits per heavy atom. The molecule has 0 aromatic heterocycles. The Morgan fingerprint density at radius 1 is 0.795 bits per heavy atom. The zero-order valence-corrected chi connectivity index (χ0v) is 25.5. The summed E-state index contributed by atoms with van der Waals surface area (Å²) in [4.78, 5) is 23.1. The van der Waals surface area contributed by atoms with E-state index in [1.54, 1.807) is 21.1 Å². The zero-order chi connectivity index (χ0) is 29.2. The number of aliphatic hydroxyl groups excluding tert-OH is 1. The average molecular weight is 554 g/mol. The molecular formula is C32H59NO6.